The molecule has 0 amide bonds. The summed E-state index contributed by atoms with van der Waals surface area (Å²) in [6, 6.07) is 0. The van der Waals surface area contributed by atoms with Gasteiger partial charge < -0.3 is 10.5 Å². The van der Waals surface area contributed by atoms with E-state index in [0.29, 0.717) is 0 Å². The van der Waals surface area contributed by atoms with Gasteiger partial charge in [0.05, 0.1) is 11.9 Å². The van der Waals surface area contributed by atoms with Gasteiger partial charge in [0.1, 0.15) is 0 Å². The Labute approximate surface area is 82.3 Å². The van der Waals surface area contributed by atoms with E-state index in [1.54, 1.807) is 6.20 Å². The van der Waals surface area contributed by atoms with Crippen molar-refractivity contribution in [2.75, 3.05) is 5.73 Å². The van der Waals surface area contributed by atoms with E-state index in [1.165, 1.54) is 6.92 Å². The number of nitrogen functional groups attached to an aromatic ring is 1. The zero-order chi connectivity index (χ0) is 10.7. The molecule has 0 saturated heterocycles. The van der Waals surface area contributed by atoms with Gasteiger partial charge in [-0.15, -0.1) is 0 Å². The molecule has 76 valence electrons. The van der Waals surface area contributed by atoms with Gasteiger partial charge in [-0.3, -0.25) is 4.79 Å². The normalized spacial score (nSPS) is 10.3. The number of esters is 1. The lowest BCUT2D eigenvalue weighted by Crippen LogP contribution is -2.08. The number of carbonyl (C=O) groups excluding carboxylic acids is 1. The molecule has 1 rings (SSSR count). The van der Waals surface area contributed by atoms with Crippen LogP contribution in [0.15, 0.2) is 6.20 Å². The van der Waals surface area contributed by atoms with Gasteiger partial charge in [-0.25, -0.2) is 9.97 Å². The molecule has 5 nitrogen and oxygen atoms in total. The first-order valence-electron chi connectivity index (χ1n) is 4.31. The molecule has 0 saturated carbocycles. The predicted octanol–water partition coefficient (Wildman–Crippen LogP) is 1.11. The maximum atomic E-state index is 10.7. The summed E-state index contributed by atoms with van der Waals surface area (Å²) < 4.78 is 4.80. The smallest absolute Gasteiger partial charge is 0.309 e. The number of aromatic nitrogens is 2. The summed E-state index contributed by atoms with van der Waals surface area (Å²) in [5.74, 6) is -0.0161. The maximum Gasteiger partial charge on any atom is 0.309 e. The van der Waals surface area contributed by atoms with Gasteiger partial charge in [0.15, 0.2) is 5.82 Å². The van der Waals surface area contributed by atoms with E-state index in [9.17, 15) is 4.79 Å². The Morgan fingerprint density at radius 2 is 2.21 bits per heavy atom. The van der Waals surface area contributed by atoms with E-state index in [0.717, 1.165) is 5.69 Å². The molecule has 14 heavy (non-hydrogen) atoms. The first kappa shape index (κ1) is 10.4. The second-order valence-corrected chi connectivity index (χ2v) is 3.23. The zero-order valence-corrected chi connectivity index (χ0v) is 8.44. The minimum Gasteiger partial charge on any atom is -0.404 e. The van der Waals surface area contributed by atoms with E-state index in [4.69, 9.17) is 10.5 Å². The lowest BCUT2D eigenvalue weighted by atomic mass is 10.1. The third-order valence-electron chi connectivity index (χ3n) is 1.62. The van der Waals surface area contributed by atoms with Crippen molar-refractivity contribution in [2.45, 2.75) is 26.7 Å². The maximum absolute atomic E-state index is 10.7. The number of rotatable bonds is 2. The molecule has 1 aromatic rings. The number of nitrogens with zero attached hydrogens (tertiary/aromatic N) is 2. The second-order valence-electron chi connectivity index (χ2n) is 3.23. The van der Waals surface area contributed by atoms with Gasteiger partial charge >= 0.3 is 5.97 Å². The summed E-state index contributed by atoms with van der Waals surface area (Å²) in [6.07, 6.45) is 1.58. The summed E-state index contributed by atoms with van der Waals surface area (Å²) in [7, 11) is 0. The Kier molecular flexibility index (Phi) is 3.01. The molecular formula is C9H13N3O2. The molecule has 0 aliphatic carbocycles. The molecule has 0 spiro atoms. The molecule has 1 heterocycles. The highest BCUT2D eigenvalue weighted by atomic mass is 16.5. The highest BCUT2D eigenvalue weighted by Gasteiger charge is 2.09. The summed E-state index contributed by atoms with van der Waals surface area (Å²) in [5, 5.41) is 0. The first-order valence-corrected chi connectivity index (χ1v) is 4.31. The van der Waals surface area contributed by atoms with Crippen LogP contribution in [0.25, 0.3) is 0 Å². The number of hydrogen-bond donors (Lipinski definition) is 1. The Hall–Kier alpha value is -1.65. The number of anilines is 1. The molecule has 0 aliphatic heterocycles. The molecule has 1 aromatic heterocycles. The third kappa shape index (κ3) is 2.42. The van der Waals surface area contributed by atoms with Crippen molar-refractivity contribution in [1.82, 2.24) is 9.97 Å². The van der Waals surface area contributed by atoms with Gasteiger partial charge in [0.25, 0.3) is 5.88 Å². The quantitative estimate of drug-likeness (QED) is 0.715. The van der Waals surface area contributed by atoms with Crippen molar-refractivity contribution in [3.63, 3.8) is 0 Å². The molecule has 2 N–H and O–H groups in total. The molecule has 0 unspecified atom stereocenters. The van der Waals surface area contributed by atoms with Crippen LogP contribution in [0.3, 0.4) is 0 Å². The number of hydrogen-bond acceptors (Lipinski definition) is 5. The van der Waals surface area contributed by atoms with Crippen LogP contribution < -0.4 is 10.5 Å². The van der Waals surface area contributed by atoms with Crippen LogP contribution in [0.5, 0.6) is 5.88 Å². The monoisotopic (exact) mass is 195 g/mol. The van der Waals surface area contributed by atoms with Crippen LogP contribution in [0.1, 0.15) is 32.4 Å². The average Bonchev–Trinajstić information content (AvgIpc) is 2.07. The number of ether oxygens (including phenoxy) is 1. The SMILES string of the molecule is CC(=O)Oc1nc(C(C)C)cnc1N. The van der Waals surface area contributed by atoms with Crippen LogP contribution >= 0.6 is 0 Å². The number of carbonyl (C=O) groups is 1. The van der Waals surface area contributed by atoms with Crippen LogP contribution in [0.4, 0.5) is 5.82 Å². The van der Waals surface area contributed by atoms with Crippen molar-refractivity contribution in [3.05, 3.63) is 11.9 Å². The molecule has 0 atom stereocenters. The van der Waals surface area contributed by atoms with Gasteiger partial charge in [0.2, 0.25) is 0 Å². The Morgan fingerprint density at radius 1 is 1.57 bits per heavy atom. The molecule has 0 aliphatic rings. The van der Waals surface area contributed by atoms with Crippen molar-refractivity contribution in [1.29, 1.82) is 0 Å². The van der Waals surface area contributed by atoms with Gasteiger partial charge in [-0.1, -0.05) is 13.8 Å². The number of nitrogens with two attached hydrogens (primary N) is 1. The third-order valence-corrected chi connectivity index (χ3v) is 1.62. The molecule has 0 bridgehead atoms. The van der Waals surface area contributed by atoms with E-state index in [-0.39, 0.29) is 17.6 Å². The standard InChI is InChI=1S/C9H13N3O2/c1-5(2)7-4-11-8(10)9(12-7)14-6(3)13/h4-5H,1-3H3,(H2,10,11). The van der Waals surface area contributed by atoms with Crippen LogP contribution in [0, 0.1) is 0 Å². The fraction of sp³-hybridized carbons (Fsp3) is 0.444. The highest BCUT2D eigenvalue weighted by Crippen LogP contribution is 2.19. The molecule has 5 heteroatoms. The van der Waals surface area contributed by atoms with E-state index in [1.807, 2.05) is 13.8 Å². The topological polar surface area (TPSA) is 78.1 Å². The fourth-order valence-electron chi connectivity index (χ4n) is 0.884. The van der Waals surface area contributed by atoms with Gasteiger partial charge in [0, 0.05) is 6.92 Å². The van der Waals surface area contributed by atoms with Gasteiger partial charge in [-0.05, 0) is 5.92 Å². The predicted molar refractivity (Wildman–Crippen MR) is 51.8 cm³/mol. The second kappa shape index (κ2) is 4.04. The highest BCUT2D eigenvalue weighted by molar-refractivity contribution is 5.70. The minimum atomic E-state index is -0.452. The Bertz CT molecular complexity index is 350. The molecule has 0 radical (unpaired) electrons. The Morgan fingerprint density at radius 3 is 2.71 bits per heavy atom. The van der Waals surface area contributed by atoms with Crippen LogP contribution in [-0.2, 0) is 4.79 Å². The van der Waals surface area contributed by atoms with E-state index in [2.05, 4.69) is 9.97 Å². The lowest BCUT2D eigenvalue weighted by molar-refractivity contribution is -0.132. The largest absolute Gasteiger partial charge is 0.404 e. The molecule has 0 aromatic carbocycles. The minimum absolute atomic E-state index is 0.0868. The fourth-order valence-corrected chi connectivity index (χ4v) is 0.884. The molecular weight excluding hydrogens is 182 g/mol. The van der Waals surface area contributed by atoms with Crippen molar-refractivity contribution in [2.24, 2.45) is 0 Å². The molecule has 0 fully saturated rings. The first-order chi connectivity index (χ1) is 6.50. The van der Waals surface area contributed by atoms with Gasteiger partial charge in [-0.2, -0.15) is 0 Å². The van der Waals surface area contributed by atoms with Crippen LogP contribution in [0.2, 0.25) is 0 Å². The summed E-state index contributed by atoms with van der Waals surface area (Å²) in [6.45, 7) is 5.23. The van der Waals surface area contributed by atoms with E-state index < -0.39 is 5.97 Å². The summed E-state index contributed by atoms with van der Waals surface area (Å²) in [5.41, 5.74) is 6.23. The van der Waals surface area contributed by atoms with Crippen molar-refractivity contribution < 1.29 is 9.53 Å². The van der Waals surface area contributed by atoms with Crippen molar-refractivity contribution in [3.8, 4) is 5.88 Å². The van der Waals surface area contributed by atoms with Crippen LogP contribution in [-0.4, -0.2) is 15.9 Å². The Balaban J connectivity index is 3.02. The van der Waals surface area contributed by atoms with Crippen molar-refractivity contribution >= 4 is 11.8 Å². The summed E-state index contributed by atoms with van der Waals surface area (Å²) in [4.78, 5) is 18.7. The lowest BCUT2D eigenvalue weighted by Gasteiger charge is -2.07. The average molecular weight is 195 g/mol. The van der Waals surface area contributed by atoms with E-state index >= 15 is 0 Å². The zero-order valence-electron chi connectivity index (χ0n) is 8.44. The summed E-state index contributed by atoms with van der Waals surface area (Å²) >= 11 is 0.